The first kappa shape index (κ1) is 18.0. The van der Waals surface area contributed by atoms with Crippen LogP contribution in [-0.2, 0) is 22.4 Å². The predicted octanol–water partition coefficient (Wildman–Crippen LogP) is 3.12. The number of imidazole rings is 1. The second-order valence-electron chi connectivity index (χ2n) is 6.98. The Kier molecular flexibility index (Phi) is 4.73. The van der Waals surface area contributed by atoms with E-state index in [-0.39, 0.29) is 12.3 Å². The van der Waals surface area contributed by atoms with Gasteiger partial charge in [0.05, 0.1) is 12.0 Å². The van der Waals surface area contributed by atoms with Gasteiger partial charge in [0.1, 0.15) is 11.5 Å². The zero-order valence-electron chi connectivity index (χ0n) is 15.5. The number of nitrogens with zero attached hydrogens (tertiary/aromatic N) is 2. The average Bonchev–Trinajstić information content (AvgIpc) is 3.35. The Bertz CT molecular complexity index is 1000. The van der Waals surface area contributed by atoms with Crippen molar-refractivity contribution in [1.82, 2.24) is 14.9 Å². The van der Waals surface area contributed by atoms with Gasteiger partial charge in [-0.1, -0.05) is 29.8 Å². The van der Waals surface area contributed by atoms with Gasteiger partial charge in [-0.05, 0) is 19.1 Å². The molecule has 0 unspecified atom stereocenters. The van der Waals surface area contributed by atoms with Crippen molar-refractivity contribution in [2.75, 3.05) is 6.54 Å². The fraction of sp³-hybridized carbons (Fsp3) is 0.286. The number of carbonyl (C=O) groups excluding carboxylic acids is 1. The van der Waals surface area contributed by atoms with Crippen LogP contribution in [0.25, 0.3) is 11.3 Å². The maximum atomic E-state index is 12.7. The number of amides is 1. The number of aliphatic carboxylic acids is 1. The molecule has 28 heavy (non-hydrogen) atoms. The van der Waals surface area contributed by atoms with Crippen LogP contribution >= 0.6 is 0 Å². The fourth-order valence-corrected chi connectivity index (χ4v) is 3.55. The third-order valence-electron chi connectivity index (χ3n) is 5.06. The second-order valence-corrected chi connectivity index (χ2v) is 6.98. The molecule has 4 rings (SSSR count). The summed E-state index contributed by atoms with van der Waals surface area (Å²) in [6.07, 6.45) is 2.65. The Morgan fingerprint density at radius 3 is 2.79 bits per heavy atom. The van der Waals surface area contributed by atoms with Crippen molar-refractivity contribution in [3.63, 3.8) is 0 Å². The Balaban J connectivity index is 1.43. The summed E-state index contributed by atoms with van der Waals surface area (Å²) in [5.74, 6) is 0.175. The lowest BCUT2D eigenvalue weighted by atomic mass is 10.0. The molecule has 1 aliphatic rings. The molecule has 1 aromatic carbocycles. The van der Waals surface area contributed by atoms with E-state index in [1.165, 1.54) is 16.8 Å². The number of hydrogen-bond acceptors (Lipinski definition) is 4. The van der Waals surface area contributed by atoms with Gasteiger partial charge in [-0.15, -0.1) is 0 Å². The van der Waals surface area contributed by atoms with Gasteiger partial charge in [-0.3, -0.25) is 4.79 Å². The highest BCUT2D eigenvalue weighted by Crippen LogP contribution is 2.29. The van der Waals surface area contributed by atoms with Gasteiger partial charge < -0.3 is 19.4 Å². The number of aryl methyl sites for hydroxylation is 2. The Labute approximate surface area is 162 Å². The minimum Gasteiger partial charge on any atom is -0.479 e. The Hall–Kier alpha value is -3.35. The van der Waals surface area contributed by atoms with E-state index in [1.807, 2.05) is 43.3 Å². The zero-order valence-corrected chi connectivity index (χ0v) is 15.5. The first-order valence-electron chi connectivity index (χ1n) is 9.23. The highest BCUT2D eigenvalue weighted by atomic mass is 16.4. The largest absolute Gasteiger partial charge is 0.479 e. The van der Waals surface area contributed by atoms with Gasteiger partial charge in [0, 0.05) is 37.1 Å². The van der Waals surface area contributed by atoms with E-state index < -0.39 is 12.0 Å². The monoisotopic (exact) mass is 379 g/mol. The van der Waals surface area contributed by atoms with E-state index in [4.69, 9.17) is 4.42 Å². The second kappa shape index (κ2) is 7.34. The molecule has 3 aromatic rings. The maximum Gasteiger partial charge on any atom is 0.332 e. The normalized spacial score (nSPS) is 16.0. The van der Waals surface area contributed by atoms with E-state index in [1.54, 1.807) is 0 Å². The molecule has 1 amide bonds. The van der Waals surface area contributed by atoms with Crippen molar-refractivity contribution in [3.8, 4) is 11.3 Å². The molecular formula is C21H21N3O4. The van der Waals surface area contributed by atoms with Crippen LogP contribution in [-0.4, -0.2) is 38.4 Å². The SMILES string of the molecule is Cc1ccc(-c2ccc(CCC(=O)N3CCc4[nH]cnc4[C@@H]3C(=O)O)o2)cc1. The lowest BCUT2D eigenvalue weighted by Crippen LogP contribution is -2.43. The molecule has 0 saturated heterocycles. The Morgan fingerprint density at radius 2 is 2.04 bits per heavy atom. The number of carboxylic acid groups (broad SMARTS) is 1. The van der Waals surface area contributed by atoms with Crippen LogP contribution in [0.1, 0.15) is 35.2 Å². The molecule has 0 radical (unpaired) electrons. The number of furan rings is 1. The Morgan fingerprint density at radius 1 is 1.25 bits per heavy atom. The summed E-state index contributed by atoms with van der Waals surface area (Å²) in [6.45, 7) is 2.39. The summed E-state index contributed by atoms with van der Waals surface area (Å²) in [6, 6.07) is 10.7. The van der Waals surface area contributed by atoms with Gasteiger partial charge in [-0.25, -0.2) is 9.78 Å². The summed E-state index contributed by atoms with van der Waals surface area (Å²) in [4.78, 5) is 32.9. The first-order valence-corrected chi connectivity index (χ1v) is 9.23. The lowest BCUT2D eigenvalue weighted by Gasteiger charge is -2.32. The van der Waals surface area contributed by atoms with Crippen molar-refractivity contribution in [3.05, 3.63) is 65.4 Å². The summed E-state index contributed by atoms with van der Waals surface area (Å²) < 4.78 is 5.86. The fourth-order valence-electron chi connectivity index (χ4n) is 3.55. The van der Waals surface area contributed by atoms with Gasteiger partial charge in [0.15, 0.2) is 6.04 Å². The van der Waals surface area contributed by atoms with Crippen LogP contribution in [0, 0.1) is 6.92 Å². The van der Waals surface area contributed by atoms with E-state index in [9.17, 15) is 14.7 Å². The molecule has 0 spiro atoms. The molecule has 2 N–H and O–H groups in total. The number of benzene rings is 1. The lowest BCUT2D eigenvalue weighted by molar-refractivity contribution is -0.151. The molecule has 7 nitrogen and oxygen atoms in total. The van der Waals surface area contributed by atoms with E-state index in [0.717, 1.165) is 17.0 Å². The zero-order chi connectivity index (χ0) is 19.7. The number of rotatable bonds is 5. The molecule has 0 fully saturated rings. The summed E-state index contributed by atoms with van der Waals surface area (Å²) in [5, 5.41) is 9.59. The van der Waals surface area contributed by atoms with Crippen LogP contribution in [0.5, 0.6) is 0 Å². The van der Waals surface area contributed by atoms with Crippen molar-refractivity contribution >= 4 is 11.9 Å². The molecule has 7 heteroatoms. The molecular weight excluding hydrogens is 358 g/mol. The van der Waals surface area contributed by atoms with Crippen molar-refractivity contribution < 1.29 is 19.1 Å². The number of carbonyl (C=O) groups is 2. The smallest absolute Gasteiger partial charge is 0.332 e. The third kappa shape index (κ3) is 3.43. The number of H-pyrrole nitrogens is 1. The molecule has 0 saturated carbocycles. The molecule has 1 aliphatic heterocycles. The van der Waals surface area contributed by atoms with Crippen molar-refractivity contribution in [2.24, 2.45) is 0 Å². The number of aromatic amines is 1. The molecule has 1 atom stereocenters. The average molecular weight is 379 g/mol. The number of fused-ring (bicyclic) bond motifs is 1. The number of nitrogens with one attached hydrogen (secondary N) is 1. The van der Waals surface area contributed by atoms with Crippen LogP contribution in [0.4, 0.5) is 0 Å². The van der Waals surface area contributed by atoms with E-state index >= 15 is 0 Å². The quantitative estimate of drug-likeness (QED) is 0.709. The van der Waals surface area contributed by atoms with Crippen molar-refractivity contribution in [2.45, 2.75) is 32.2 Å². The molecule has 144 valence electrons. The highest BCUT2D eigenvalue weighted by Gasteiger charge is 2.37. The summed E-state index contributed by atoms with van der Waals surface area (Å²) in [7, 11) is 0. The van der Waals surface area contributed by atoms with Crippen LogP contribution in [0.2, 0.25) is 0 Å². The van der Waals surface area contributed by atoms with Crippen LogP contribution in [0.15, 0.2) is 47.1 Å². The third-order valence-corrected chi connectivity index (χ3v) is 5.06. The predicted molar refractivity (Wildman–Crippen MR) is 102 cm³/mol. The van der Waals surface area contributed by atoms with Gasteiger partial charge >= 0.3 is 5.97 Å². The van der Waals surface area contributed by atoms with Crippen molar-refractivity contribution in [1.29, 1.82) is 0 Å². The molecule has 0 bridgehead atoms. The topological polar surface area (TPSA) is 99.4 Å². The minimum absolute atomic E-state index is 0.185. The highest BCUT2D eigenvalue weighted by molar-refractivity contribution is 5.85. The van der Waals surface area contributed by atoms with E-state index in [2.05, 4.69) is 9.97 Å². The standard InChI is InChI=1S/C21H21N3O4/c1-13-2-4-14(5-3-13)17-8-6-15(28-17)7-9-18(25)24-11-10-16-19(23-12-22-16)20(24)21(26)27/h2-6,8,12,20H,7,9-11H2,1H3,(H,22,23)(H,26,27)/t20-/m1/s1. The maximum absolute atomic E-state index is 12.7. The molecule has 0 aliphatic carbocycles. The number of aromatic nitrogens is 2. The van der Waals surface area contributed by atoms with Gasteiger partial charge in [0.25, 0.3) is 0 Å². The minimum atomic E-state index is -1.07. The van der Waals surface area contributed by atoms with Gasteiger partial charge in [-0.2, -0.15) is 0 Å². The number of carboxylic acids is 1. The van der Waals surface area contributed by atoms with Gasteiger partial charge in [0.2, 0.25) is 5.91 Å². The molecule has 2 aromatic heterocycles. The first-order chi connectivity index (χ1) is 13.5. The summed E-state index contributed by atoms with van der Waals surface area (Å²) in [5.41, 5.74) is 3.36. The number of hydrogen-bond donors (Lipinski definition) is 2. The van der Waals surface area contributed by atoms with E-state index in [0.29, 0.717) is 30.8 Å². The molecule has 3 heterocycles. The van der Waals surface area contributed by atoms with Crippen LogP contribution < -0.4 is 0 Å². The van der Waals surface area contributed by atoms with Crippen LogP contribution in [0.3, 0.4) is 0 Å². The summed E-state index contributed by atoms with van der Waals surface area (Å²) >= 11 is 0.